The molecule has 1 aromatic heterocycles. The zero-order valence-electron chi connectivity index (χ0n) is 13.1. The molecule has 1 aromatic rings. The molecule has 2 heterocycles. The molecular formula is C14H23N5O2. The highest BCUT2D eigenvalue weighted by Gasteiger charge is 2.30. The molecule has 0 saturated carbocycles. The van der Waals surface area contributed by atoms with Crippen LogP contribution >= 0.6 is 0 Å². The highest BCUT2D eigenvalue weighted by molar-refractivity contribution is 5.88. The largest absolute Gasteiger partial charge is 0.339 e. The van der Waals surface area contributed by atoms with Gasteiger partial charge in [0.2, 0.25) is 5.91 Å². The second kappa shape index (κ2) is 5.75. The molecule has 0 aliphatic carbocycles. The van der Waals surface area contributed by atoms with E-state index in [4.69, 9.17) is 0 Å². The zero-order valence-corrected chi connectivity index (χ0v) is 13.1. The summed E-state index contributed by atoms with van der Waals surface area (Å²) in [5, 5.41) is 6.87. The van der Waals surface area contributed by atoms with Crippen LogP contribution in [0.5, 0.6) is 0 Å². The Morgan fingerprint density at radius 3 is 2.19 bits per heavy atom. The molecule has 1 aliphatic heterocycles. The number of carbonyl (C=O) groups excluding carboxylic acids is 2. The third kappa shape index (κ3) is 3.74. The smallest absolute Gasteiger partial charge is 0.323 e. The van der Waals surface area contributed by atoms with Crippen molar-refractivity contribution in [1.82, 2.24) is 19.6 Å². The van der Waals surface area contributed by atoms with Crippen molar-refractivity contribution in [2.24, 2.45) is 12.5 Å². The summed E-state index contributed by atoms with van der Waals surface area (Å²) in [5.41, 5.74) is -0.377. The van der Waals surface area contributed by atoms with Crippen molar-refractivity contribution in [2.45, 2.75) is 20.8 Å². The minimum Gasteiger partial charge on any atom is -0.339 e. The maximum absolute atomic E-state index is 12.2. The standard InChI is InChI=1S/C14H23N5O2/c1-14(2,3)12(20)18-7-9-19(10-8-18)13(21)15-11-5-6-17(4)16-11/h5-6H,7-10H2,1-4H3,(H,15,16,21). The number of nitrogens with zero attached hydrogens (tertiary/aromatic N) is 4. The average molecular weight is 293 g/mol. The van der Waals surface area contributed by atoms with Crippen molar-refractivity contribution in [1.29, 1.82) is 0 Å². The molecule has 3 amide bonds. The Hall–Kier alpha value is -2.05. The Labute approximate surface area is 124 Å². The molecule has 0 atom stereocenters. The average Bonchev–Trinajstić information content (AvgIpc) is 2.82. The molecule has 21 heavy (non-hydrogen) atoms. The maximum atomic E-state index is 12.2. The molecule has 116 valence electrons. The second-order valence-corrected chi connectivity index (χ2v) is 6.33. The molecule has 1 N–H and O–H groups in total. The summed E-state index contributed by atoms with van der Waals surface area (Å²) >= 11 is 0. The lowest BCUT2D eigenvalue weighted by molar-refractivity contribution is -0.140. The molecule has 0 bridgehead atoms. The van der Waals surface area contributed by atoms with Crippen molar-refractivity contribution in [3.8, 4) is 0 Å². The van der Waals surface area contributed by atoms with Gasteiger partial charge < -0.3 is 9.80 Å². The minimum absolute atomic E-state index is 0.132. The fraction of sp³-hybridized carbons (Fsp3) is 0.643. The van der Waals surface area contributed by atoms with E-state index >= 15 is 0 Å². The zero-order chi connectivity index (χ0) is 15.6. The van der Waals surface area contributed by atoms with Gasteiger partial charge in [0.1, 0.15) is 0 Å². The van der Waals surface area contributed by atoms with Gasteiger partial charge >= 0.3 is 6.03 Å². The number of hydrogen-bond acceptors (Lipinski definition) is 3. The molecule has 7 heteroatoms. The molecule has 0 aromatic carbocycles. The van der Waals surface area contributed by atoms with Gasteiger partial charge in [0.15, 0.2) is 5.82 Å². The normalized spacial score (nSPS) is 16.0. The Kier molecular flexibility index (Phi) is 4.20. The van der Waals surface area contributed by atoms with Crippen molar-refractivity contribution in [3.63, 3.8) is 0 Å². The Bertz CT molecular complexity index is 524. The number of anilines is 1. The highest BCUT2D eigenvalue weighted by Crippen LogP contribution is 2.18. The Morgan fingerprint density at radius 1 is 1.14 bits per heavy atom. The van der Waals surface area contributed by atoms with Crippen molar-refractivity contribution in [3.05, 3.63) is 12.3 Å². The van der Waals surface area contributed by atoms with E-state index < -0.39 is 0 Å². The first-order chi connectivity index (χ1) is 9.77. The Morgan fingerprint density at radius 2 is 1.71 bits per heavy atom. The van der Waals surface area contributed by atoms with Crippen LogP contribution in [0.3, 0.4) is 0 Å². The van der Waals surface area contributed by atoms with Crippen molar-refractivity contribution in [2.75, 3.05) is 31.5 Å². The number of carbonyl (C=O) groups is 2. The van der Waals surface area contributed by atoms with Crippen LogP contribution in [0.25, 0.3) is 0 Å². The van der Waals surface area contributed by atoms with Crippen LogP contribution < -0.4 is 5.32 Å². The number of aryl methyl sites for hydroxylation is 1. The molecular weight excluding hydrogens is 270 g/mol. The predicted molar refractivity (Wildman–Crippen MR) is 79.8 cm³/mol. The number of hydrogen-bond donors (Lipinski definition) is 1. The molecule has 0 unspecified atom stereocenters. The quantitative estimate of drug-likeness (QED) is 0.844. The Balaban J connectivity index is 1.86. The number of nitrogens with one attached hydrogen (secondary N) is 1. The van der Waals surface area contributed by atoms with Crippen LogP contribution in [0.1, 0.15) is 20.8 Å². The number of amides is 3. The fourth-order valence-corrected chi connectivity index (χ4v) is 2.26. The van der Waals surface area contributed by atoms with Gasteiger partial charge in [-0.05, 0) is 0 Å². The first kappa shape index (κ1) is 15.3. The number of rotatable bonds is 1. The van der Waals surface area contributed by atoms with Crippen LogP contribution in [0.15, 0.2) is 12.3 Å². The van der Waals surface area contributed by atoms with Gasteiger partial charge in [-0.3, -0.25) is 14.8 Å². The maximum Gasteiger partial charge on any atom is 0.323 e. The fourth-order valence-electron chi connectivity index (χ4n) is 2.26. The van der Waals surface area contributed by atoms with E-state index in [1.54, 1.807) is 28.9 Å². The van der Waals surface area contributed by atoms with E-state index in [2.05, 4.69) is 10.4 Å². The van der Waals surface area contributed by atoms with Gasteiger partial charge in [0, 0.05) is 50.9 Å². The molecule has 1 fully saturated rings. The molecule has 1 saturated heterocycles. The van der Waals surface area contributed by atoms with Gasteiger partial charge in [0.05, 0.1) is 0 Å². The summed E-state index contributed by atoms with van der Waals surface area (Å²) in [6, 6.07) is 1.58. The third-order valence-electron chi connectivity index (χ3n) is 3.44. The summed E-state index contributed by atoms with van der Waals surface area (Å²) in [5.74, 6) is 0.669. The molecule has 7 nitrogen and oxygen atoms in total. The molecule has 2 rings (SSSR count). The summed E-state index contributed by atoms with van der Waals surface area (Å²) < 4.78 is 1.63. The summed E-state index contributed by atoms with van der Waals surface area (Å²) in [4.78, 5) is 27.8. The van der Waals surface area contributed by atoms with E-state index in [-0.39, 0.29) is 17.4 Å². The van der Waals surface area contributed by atoms with Crippen molar-refractivity contribution >= 4 is 17.8 Å². The number of aromatic nitrogens is 2. The van der Waals surface area contributed by atoms with Crippen molar-refractivity contribution < 1.29 is 9.59 Å². The molecule has 0 spiro atoms. The topological polar surface area (TPSA) is 70.5 Å². The van der Waals surface area contributed by atoms with E-state index in [0.29, 0.717) is 32.0 Å². The number of urea groups is 1. The predicted octanol–water partition coefficient (Wildman–Crippen LogP) is 1.14. The van der Waals surface area contributed by atoms with Crippen LogP contribution in [0, 0.1) is 5.41 Å². The lowest BCUT2D eigenvalue weighted by Gasteiger charge is -2.37. The lowest BCUT2D eigenvalue weighted by Crippen LogP contribution is -2.53. The minimum atomic E-state index is -0.377. The number of piperazine rings is 1. The first-order valence-corrected chi connectivity index (χ1v) is 7.12. The SMILES string of the molecule is Cn1ccc(NC(=O)N2CCN(C(=O)C(C)(C)C)CC2)n1. The van der Waals surface area contributed by atoms with Gasteiger partial charge in [-0.1, -0.05) is 20.8 Å². The van der Waals surface area contributed by atoms with Gasteiger partial charge in [-0.2, -0.15) is 5.10 Å². The summed E-state index contributed by atoms with van der Waals surface area (Å²) in [7, 11) is 1.80. The van der Waals surface area contributed by atoms with Gasteiger partial charge in [-0.15, -0.1) is 0 Å². The molecule has 1 aliphatic rings. The summed E-state index contributed by atoms with van der Waals surface area (Å²) in [6.07, 6.45) is 1.77. The molecule has 0 radical (unpaired) electrons. The third-order valence-corrected chi connectivity index (χ3v) is 3.44. The second-order valence-electron chi connectivity index (χ2n) is 6.33. The highest BCUT2D eigenvalue weighted by atomic mass is 16.2. The van der Waals surface area contributed by atoms with Crippen LogP contribution in [-0.2, 0) is 11.8 Å². The van der Waals surface area contributed by atoms with E-state index in [0.717, 1.165) is 0 Å². The van der Waals surface area contributed by atoms with Crippen LogP contribution in [-0.4, -0.2) is 57.7 Å². The van der Waals surface area contributed by atoms with Crippen LogP contribution in [0.4, 0.5) is 10.6 Å². The van der Waals surface area contributed by atoms with E-state index in [1.807, 2.05) is 25.7 Å². The monoisotopic (exact) mass is 293 g/mol. The van der Waals surface area contributed by atoms with Crippen LogP contribution in [0.2, 0.25) is 0 Å². The van der Waals surface area contributed by atoms with Gasteiger partial charge in [-0.25, -0.2) is 4.79 Å². The first-order valence-electron chi connectivity index (χ1n) is 7.12. The lowest BCUT2D eigenvalue weighted by atomic mass is 9.94. The van der Waals surface area contributed by atoms with Gasteiger partial charge in [0.25, 0.3) is 0 Å². The van der Waals surface area contributed by atoms with E-state index in [9.17, 15) is 9.59 Å². The summed E-state index contributed by atoms with van der Waals surface area (Å²) in [6.45, 7) is 7.97. The van der Waals surface area contributed by atoms with E-state index in [1.165, 1.54) is 0 Å².